The van der Waals surface area contributed by atoms with E-state index in [1.807, 2.05) is 0 Å². The second-order valence-corrected chi connectivity index (χ2v) is 4.73. The van der Waals surface area contributed by atoms with Crippen molar-refractivity contribution in [3.8, 4) is 0 Å². The molecule has 0 aromatic carbocycles. The normalized spacial score (nSPS) is 33.5. The predicted molar refractivity (Wildman–Crippen MR) is 60.1 cm³/mol. The fourth-order valence-electron chi connectivity index (χ4n) is 2.40. The monoisotopic (exact) mass is 253 g/mol. The number of esters is 1. The van der Waals surface area contributed by atoms with Gasteiger partial charge in [0.15, 0.2) is 6.10 Å². The molecule has 1 aliphatic carbocycles. The maximum absolute atomic E-state index is 11.7. The van der Waals surface area contributed by atoms with Gasteiger partial charge in [-0.15, -0.1) is 0 Å². The molecule has 1 heterocycles. The van der Waals surface area contributed by atoms with Gasteiger partial charge in [0.05, 0.1) is 5.92 Å². The minimum Gasteiger partial charge on any atom is -0.456 e. The van der Waals surface area contributed by atoms with Crippen LogP contribution in [0.15, 0.2) is 12.2 Å². The van der Waals surface area contributed by atoms with E-state index in [-0.39, 0.29) is 18.4 Å². The molecule has 0 aromatic heterocycles. The number of amides is 1. The smallest absolute Gasteiger partial charge is 0.309 e. The van der Waals surface area contributed by atoms with Crippen LogP contribution in [0.4, 0.5) is 0 Å². The molecule has 2 fully saturated rings. The highest BCUT2D eigenvalue weighted by Crippen LogP contribution is 2.41. The number of nitrogens with one attached hydrogen (secondary N) is 1. The van der Waals surface area contributed by atoms with Crippen LogP contribution in [0.1, 0.15) is 26.2 Å². The fraction of sp³-hybridized carbons (Fsp3) is 0.583. The Bertz CT molecular complexity index is 419. The van der Waals surface area contributed by atoms with Crippen LogP contribution in [-0.4, -0.2) is 30.2 Å². The van der Waals surface area contributed by atoms with Crippen molar-refractivity contribution in [2.24, 2.45) is 5.92 Å². The summed E-state index contributed by atoms with van der Waals surface area (Å²) in [7, 11) is 0. The third-order valence-electron chi connectivity index (χ3n) is 3.45. The maximum atomic E-state index is 11.7. The van der Waals surface area contributed by atoms with Crippen molar-refractivity contribution in [1.29, 1.82) is 0 Å². The van der Waals surface area contributed by atoms with Crippen LogP contribution in [0.2, 0.25) is 0 Å². The molecule has 6 nitrogen and oxygen atoms in total. The van der Waals surface area contributed by atoms with Gasteiger partial charge in [0.1, 0.15) is 0 Å². The molecule has 1 amide bonds. The minimum absolute atomic E-state index is 0.153. The van der Waals surface area contributed by atoms with Gasteiger partial charge in [0.2, 0.25) is 11.6 Å². The molecule has 1 aliphatic heterocycles. The van der Waals surface area contributed by atoms with Gasteiger partial charge in [0.25, 0.3) is 6.47 Å². The molecule has 0 aromatic rings. The van der Waals surface area contributed by atoms with Crippen molar-refractivity contribution < 1.29 is 23.9 Å². The summed E-state index contributed by atoms with van der Waals surface area (Å²) in [4.78, 5) is 33.8. The summed E-state index contributed by atoms with van der Waals surface area (Å²) in [5, 5.41) is 2.61. The Morgan fingerprint density at radius 3 is 3.00 bits per heavy atom. The number of fused-ring (bicyclic) bond motifs is 2. The van der Waals surface area contributed by atoms with Gasteiger partial charge in [-0.3, -0.25) is 14.4 Å². The van der Waals surface area contributed by atoms with Gasteiger partial charge in [-0.25, -0.2) is 0 Å². The van der Waals surface area contributed by atoms with Crippen molar-refractivity contribution >= 4 is 18.3 Å². The summed E-state index contributed by atoms with van der Waals surface area (Å²) in [6, 6.07) is 0. The number of carbonyl (C=O) groups excluding carboxylic acids is 3. The van der Waals surface area contributed by atoms with E-state index in [0.717, 1.165) is 0 Å². The summed E-state index contributed by atoms with van der Waals surface area (Å²) >= 11 is 0. The summed E-state index contributed by atoms with van der Waals surface area (Å²) in [6.07, 6.45) is 0.742. The van der Waals surface area contributed by atoms with Crippen molar-refractivity contribution in [3.63, 3.8) is 0 Å². The molecule has 3 unspecified atom stereocenters. The van der Waals surface area contributed by atoms with Crippen LogP contribution in [0, 0.1) is 5.92 Å². The lowest BCUT2D eigenvalue weighted by Crippen LogP contribution is -2.59. The molecule has 2 aliphatic rings. The number of rotatable bonds is 4. The van der Waals surface area contributed by atoms with Crippen molar-refractivity contribution in [1.82, 2.24) is 5.32 Å². The van der Waals surface area contributed by atoms with Gasteiger partial charge in [-0.05, 0) is 13.3 Å². The van der Waals surface area contributed by atoms with E-state index in [2.05, 4.69) is 11.9 Å². The molecule has 2 bridgehead atoms. The van der Waals surface area contributed by atoms with Crippen molar-refractivity contribution in [2.45, 2.75) is 38.0 Å². The Morgan fingerprint density at radius 1 is 1.67 bits per heavy atom. The second-order valence-electron chi connectivity index (χ2n) is 4.73. The molecule has 18 heavy (non-hydrogen) atoms. The van der Waals surface area contributed by atoms with E-state index in [0.29, 0.717) is 24.8 Å². The predicted octanol–water partition coefficient (Wildman–Crippen LogP) is 0.273. The quantitative estimate of drug-likeness (QED) is 0.336. The van der Waals surface area contributed by atoms with E-state index in [1.165, 1.54) is 0 Å². The molecular weight excluding hydrogens is 238 g/mol. The zero-order chi connectivity index (χ0) is 13.3. The topological polar surface area (TPSA) is 81.7 Å². The first-order valence-electron chi connectivity index (χ1n) is 5.78. The average molecular weight is 253 g/mol. The van der Waals surface area contributed by atoms with Crippen molar-refractivity contribution in [2.75, 3.05) is 0 Å². The Kier molecular flexibility index (Phi) is 3.11. The summed E-state index contributed by atoms with van der Waals surface area (Å²) in [6.45, 7) is 5.35. The maximum Gasteiger partial charge on any atom is 0.309 e. The van der Waals surface area contributed by atoms with Crippen LogP contribution in [0.5, 0.6) is 0 Å². The number of hydrogen-bond acceptors (Lipinski definition) is 5. The zero-order valence-electron chi connectivity index (χ0n) is 10.1. The van der Waals surface area contributed by atoms with E-state index in [4.69, 9.17) is 9.47 Å². The van der Waals surface area contributed by atoms with E-state index >= 15 is 0 Å². The molecular formula is C12H15NO5. The van der Waals surface area contributed by atoms with Gasteiger partial charge >= 0.3 is 5.97 Å². The third-order valence-corrected chi connectivity index (χ3v) is 3.45. The molecule has 0 radical (unpaired) electrons. The number of ether oxygens (including phenoxy) is 2. The molecule has 2 rings (SSSR count). The first-order valence-corrected chi connectivity index (χ1v) is 5.78. The lowest BCUT2D eigenvalue weighted by atomic mass is 9.83. The van der Waals surface area contributed by atoms with Gasteiger partial charge in [-0.1, -0.05) is 6.58 Å². The van der Waals surface area contributed by atoms with Crippen LogP contribution >= 0.6 is 0 Å². The van der Waals surface area contributed by atoms with Gasteiger partial charge in [-0.2, -0.15) is 0 Å². The van der Waals surface area contributed by atoms with Crippen LogP contribution < -0.4 is 5.32 Å². The molecule has 98 valence electrons. The first kappa shape index (κ1) is 12.6. The first-order chi connectivity index (χ1) is 8.48. The molecule has 1 N–H and O–H groups in total. The highest BCUT2D eigenvalue weighted by molar-refractivity contribution is 5.92. The standard InChI is InChI=1S/C12H15NO5/c1-7(2)10(15)13-12(17-6-14)4-3-8-5-9(12)18-11(8)16/h6,8-9H,1,3-5H2,2H3,(H,13,15). The van der Waals surface area contributed by atoms with E-state index in [1.54, 1.807) is 6.92 Å². The highest BCUT2D eigenvalue weighted by Gasteiger charge is 2.55. The fourth-order valence-corrected chi connectivity index (χ4v) is 2.40. The number of carbonyl (C=O) groups is 3. The second kappa shape index (κ2) is 4.44. The summed E-state index contributed by atoms with van der Waals surface area (Å²) in [5.74, 6) is -0.862. The zero-order valence-corrected chi connectivity index (χ0v) is 10.1. The van der Waals surface area contributed by atoms with Gasteiger partial charge < -0.3 is 14.8 Å². The van der Waals surface area contributed by atoms with E-state index < -0.39 is 17.7 Å². The Morgan fingerprint density at radius 2 is 2.39 bits per heavy atom. The average Bonchev–Trinajstić information content (AvgIpc) is 2.63. The van der Waals surface area contributed by atoms with Crippen molar-refractivity contribution in [3.05, 3.63) is 12.2 Å². The lowest BCUT2D eigenvalue weighted by molar-refractivity contribution is -0.177. The third kappa shape index (κ3) is 1.98. The van der Waals surface area contributed by atoms with Crippen LogP contribution in [0.25, 0.3) is 0 Å². The van der Waals surface area contributed by atoms with Gasteiger partial charge in [0, 0.05) is 18.4 Å². The van der Waals surface area contributed by atoms with E-state index in [9.17, 15) is 14.4 Å². The number of hydrogen-bond donors (Lipinski definition) is 1. The molecule has 3 atom stereocenters. The minimum atomic E-state index is -1.25. The highest BCUT2D eigenvalue weighted by atomic mass is 16.6. The summed E-state index contributed by atoms with van der Waals surface area (Å²) in [5.41, 5.74) is -0.948. The summed E-state index contributed by atoms with van der Waals surface area (Å²) < 4.78 is 10.2. The Balaban J connectivity index is 2.21. The Hall–Kier alpha value is -1.85. The molecule has 1 saturated carbocycles. The molecule has 1 saturated heterocycles. The largest absolute Gasteiger partial charge is 0.456 e. The van der Waals surface area contributed by atoms with Crippen LogP contribution in [-0.2, 0) is 23.9 Å². The molecule has 6 heteroatoms. The lowest BCUT2D eigenvalue weighted by Gasteiger charge is -2.38. The Labute approximate surface area is 104 Å². The van der Waals surface area contributed by atoms with Crippen LogP contribution in [0.3, 0.4) is 0 Å². The SMILES string of the molecule is C=C(C)C(=O)NC1(OC=O)CCC2CC1OC2=O. The molecule has 0 spiro atoms.